The number of anilines is 2. The van der Waals surface area contributed by atoms with Crippen LogP contribution in [0.3, 0.4) is 0 Å². The lowest BCUT2D eigenvalue weighted by Gasteiger charge is -2.12. The first kappa shape index (κ1) is 11.5. The fourth-order valence-corrected chi connectivity index (χ4v) is 2.96. The standard InChI is InChI=1S/C10H17N5S/c1-7-4-13-10(15-11)14-9(7)12-5-8-2-3-16-6-8/h4,8H,2-3,5-6,11H2,1H3,(H2,12,13,14,15). The molecule has 0 saturated carbocycles. The van der Waals surface area contributed by atoms with E-state index in [1.807, 2.05) is 18.7 Å². The highest BCUT2D eigenvalue weighted by Gasteiger charge is 2.15. The molecule has 5 nitrogen and oxygen atoms in total. The van der Waals surface area contributed by atoms with Crippen LogP contribution in [-0.4, -0.2) is 28.0 Å². The average molecular weight is 239 g/mol. The van der Waals surface area contributed by atoms with Crippen LogP contribution in [0.4, 0.5) is 11.8 Å². The van der Waals surface area contributed by atoms with Crippen LogP contribution in [0, 0.1) is 12.8 Å². The number of hydrazine groups is 1. The largest absolute Gasteiger partial charge is 0.369 e. The summed E-state index contributed by atoms with van der Waals surface area (Å²) in [6, 6.07) is 0. The first-order chi connectivity index (χ1) is 7.79. The molecule has 2 rings (SSSR count). The zero-order valence-corrected chi connectivity index (χ0v) is 10.2. The molecule has 88 valence electrons. The molecule has 1 aliphatic rings. The molecule has 1 saturated heterocycles. The molecule has 1 atom stereocenters. The van der Waals surface area contributed by atoms with Gasteiger partial charge in [-0.3, -0.25) is 5.43 Å². The molecule has 16 heavy (non-hydrogen) atoms. The molecule has 0 amide bonds. The van der Waals surface area contributed by atoms with Gasteiger partial charge in [0.1, 0.15) is 5.82 Å². The third-order valence-electron chi connectivity index (χ3n) is 2.68. The highest BCUT2D eigenvalue weighted by atomic mass is 32.2. The quantitative estimate of drug-likeness (QED) is 0.542. The van der Waals surface area contributed by atoms with Crippen LogP contribution < -0.4 is 16.6 Å². The summed E-state index contributed by atoms with van der Waals surface area (Å²) >= 11 is 2.02. The van der Waals surface area contributed by atoms with Crippen molar-refractivity contribution >= 4 is 23.5 Å². The van der Waals surface area contributed by atoms with Crippen molar-refractivity contribution in [1.82, 2.24) is 9.97 Å². The van der Waals surface area contributed by atoms with Gasteiger partial charge in [-0.25, -0.2) is 10.8 Å². The van der Waals surface area contributed by atoms with E-state index >= 15 is 0 Å². The van der Waals surface area contributed by atoms with Crippen molar-refractivity contribution in [2.45, 2.75) is 13.3 Å². The summed E-state index contributed by atoms with van der Waals surface area (Å²) in [7, 11) is 0. The molecular formula is C10H17N5S. The molecule has 1 aromatic rings. The predicted molar refractivity (Wildman–Crippen MR) is 68.5 cm³/mol. The van der Waals surface area contributed by atoms with Gasteiger partial charge >= 0.3 is 0 Å². The maximum Gasteiger partial charge on any atom is 0.239 e. The number of hydrogen-bond acceptors (Lipinski definition) is 6. The van der Waals surface area contributed by atoms with E-state index in [4.69, 9.17) is 5.84 Å². The van der Waals surface area contributed by atoms with Crippen LogP contribution >= 0.6 is 11.8 Å². The Morgan fingerprint density at radius 1 is 1.62 bits per heavy atom. The Hall–Kier alpha value is -1.01. The molecule has 4 N–H and O–H groups in total. The molecule has 0 radical (unpaired) electrons. The molecule has 6 heteroatoms. The van der Waals surface area contributed by atoms with E-state index in [9.17, 15) is 0 Å². The Morgan fingerprint density at radius 3 is 3.19 bits per heavy atom. The van der Waals surface area contributed by atoms with Gasteiger partial charge in [0.2, 0.25) is 5.95 Å². The molecule has 2 heterocycles. The number of nitrogens with zero attached hydrogens (tertiary/aromatic N) is 2. The maximum absolute atomic E-state index is 5.28. The van der Waals surface area contributed by atoms with Gasteiger partial charge in [-0.1, -0.05) is 0 Å². The van der Waals surface area contributed by atoms with E-state index in [-0.39, 0.29) is 0 Å². The Bertz CT molecular complexity index is 351. The van der Waals surface area contributed by atoms with Gasteiger partial charge < -0.3 is 5.32 Å². The van der Waals surface area contributed by atoms with Crippen molar-refractivity contribution < 1.29 is 0 Å². The normalized spacial score (nSPS) is 19.8. The van der Waals surface area contributed by atoms with E-state index in [0.29, 0.717) is 5.95 Å². The number of nitrogens with one attached hydrogen (secondary N) is 2. The summed E-state index contributed by atoms with van der Waals surface area (Å²) in [5.74, 6) is 9.90. The summed E-state index contributed by atoms with van der Waals surface area (Å²) < 4.78 is 0. The second-order valence-electron chi connectivity index (χ2n) is 3.98. The Labute approximate surface area is 99.6 Å². The van der Waals surface area contributed by atoms with Crippen LogP contribution in [-0.2, 0) is 0 Å². The van der Waals surface area contributed by atoms with Gasteiger partial charge in [0.15, 0.2) is 0 Å². The van der Waals surface area contributed by atoms with Gasteiger partial charge in [0, 0.05) is 18.3 Å². The van der Waals surface area contributed by atoms with Gasteiger partial charge in [-0.15, -0.1) is 0 Å². The average Bonchev–Trinajstić information content (AvgIpc) is 2.81. The topological polar surface area (TPSA) is 75.9 Å². The molecule has 0 spiro atoms. The minimum Gasteiger partial charge on any atom is -0.369 e. The molecule has 1 fully saturated rings. The van der Waals surface area contributed by atoms with Gasteiger partial charge in [-0.05, 0) is 30.8 Å². The molecule has 1 aromatic heterocycles. The number of rotatable bonds is 4. The van der Waals surface area contributed by atoms with Crippen molar-refractivity contribution in [3.63, 3.8) is 0 Å². The van der Waals surface area contributed by atoms with E-state index < -0.39 is 0 Å². The van der Waals surface area contributed by atoms with Crippen LogP contribution in [0.2, 0.25) is 0 Å². The van der Waals surface area contributed by atoms with Crippen molar-refractivity contribution in [2.75, 3.05) is 28.8 Å². The smallest absolute Gasteiger partial charge is 0.239 e. The van der Waals surface area contributed by atoms with Crippen molar-refractivity contribution in [3.05, 3.63) is 11.8 Å². The molecule has 0 aromatic carbocycles. The maximum atomic E-state index is 5.28. The first-order valence-corrected chi connectivity index (χ1v) is 6.57. The van der Waals surface area contributed by atoms with Crippen molar-refractivity contribution in [2.24, 2.45) is 11.8 Å². The van der Waals surface area contributed by atoms with E-state index in [2.05, 4.69) is 20.7 Å². The second kappa shape index (κ2) is 5.36. The predicted octanol–water partition coefficient (Wildman–Crippen LogP) is 1.24. The van der Waals surface area contributed by atoms with Gasteiger partial charge in [0.05, 0.1) is 0 Å². The zero-order chi connectivity index (χ0) is 11.4. The number of thioether (sulfide) groups is 1. The number of nitrogen functional groups attached to an aromatic ring is 1. The van der Waals surface area contributed by atoms with E-state index in [1.54, 1.807) is 6.20 Å². The highest BCUT2D eigenvalue weighted by molar-refractivity contribution is 7.99. The Balaban J connectivity index is 1.96. The van der Waals surface area contributed by atoms with Crippen LogP contribution in [0.15, 0.2) is 6.20 Å². The summed E-state index contributed by atoms with van der Waals surface area (Å²) in [6.45, 7) is 2.97. The zero-order valence-electron chi connectivity index (χ0n) is 9.36. The molecule has 0 bridgehead atoms. The number of aromatic nitrogens is 2. The fraction of sp³-hybridized carbons (Fsp3) is 0.600. The van der Waals surface area contributed by atoms with Crippen LogP contribution in [0.5, 0.6) is 0 Å². The lowest BCUT2D eigenvalue weighted by Crippen LogP contribution is -2.17. The minimum absolute atomic E-state index is 0.453. The highest BCUT2D eigenvalue weighted by Crippen LogP contribution is 2.24. The monoisotopic (exact) mass is 239 g/mol. The first-order valence-electron chi connectivity index (χ1n) is 5.41. The SMILES string of the molecule is Cc1cnc(NN)nc1NCC1CCSC1. The molecule has 0 aliphatic carbocycles. The fourth-order valence-electron chi connectivity index (χ4n) is 1.68. The molecular weight excluding hydrogens is 222 g/mol. The Kier molecular flexibility index (Phi) is 3.84. The summed E-state index contributed by atoms with van der Waals surface area (Å²) in [4.78, 5) is 8.33. The summed E-state index contributed by atoms with van der Waals surface area (Å²) in [5, 5.41) is 3.37. The number of aryl methyl sites for hydroxylation is 1. The number of nitrogens with two attached hydrogens (primary N) is 1. The van der Waals surface area contributed by atoms with Crippen molar-refractivity contribution in [3.8, 4) is 0 Å². The lowest BCUT2D eigenvalue weighted by molar-refractivity contribution is 0.630. The van der Waals surface area contributed by atoms with Gasteiger partial charge in [-0.2, -0.15) is 16.7 Å². The van der Waals surface area contributed by atoms with Gasteiger partial charge in [0.25, 0.3) is 0 Å². The summed E-state index contributed by atoms with van der Waals surface area (Å²) in [6.07, 6.45) is 3.07. The van der Waals surface area contributed by atoms with E-state index in [1.165, 1.54) is 17.9 Å². The summed E-state index contributed by atoms with van der Waals surface area (Å²) in [5.41, 5.74) is 3.50. The third kappa shape index (κ3) is 2.76. The van der Waals surface area contributed by atoms with Crippen molar-refractivity contribution in [1.29, 1.82) is 0 Å². The number of hydrogen-bond donors (Lipinski definition) is 3. The molecule has 1 unspecified atom stereocenters. The van der Waals surface area contributed by atoms with Crippen LogP contribution in [0.1, 0.15) is 12.0 Å². The molecule has 1 aliphatic heterocycles. The van der Waals surface area contributed by atoms with Crippen LogP contribution in [0.25, 0.3) is 0 Å². The second-order valence-corrected chi connectivity index (χ2v) is 5.13. The lowest BCUT2D eigenvalue weighted by atomic mass is 10.1. The third-order valence-corrected chi connectivity index (χ3v) is 3.91. The van der Waals surface area contributed by atoms with E-state index in [0.717, 1.165) is 23.8 Å². The Morgan fingerprint density at radius 2 is 2.50 bits per heavy atom. The minimum atomic E-state index is 0.453.